The largest absolute Gasteiger partial charge is 0.337 e. The second-order valence-electron chi connectivity index (χ2n) is 3.12. The number of nitrogens with one attached hydrogen (secondary N) is 1. The van der Waals surface area contributed by atoms with Gasteiger partial charge in [-0.05, 0) is 6.42 Å². The predicted octanol–water partition coefficient (Wildman–Crippen LogP) is 0.863. The quantitative estimate of drug-likeness (QED) is 0.683. The molecule has 1 saturated heterocycles. The van der Waals surface area contributed by atoms with Crippen molar-refractivity contribution in [3.05, 3.63) is 18.0 Å². The summed E-state index contributed by atoms with van der Waals surface area (Å²) in [4.78, 5) is 13.4. The topological polar surface area (TPSA) is 49.0 Å². The Labute approximate surface area is 80.9 Å². The number of aromatic amines is 1. The molecule has 70 valence electrons. The fourth-order valence-electron chi connectivity index (χ4n) is 1.45. The Morgan fingerprint density at radius 3 is 3.15 bits per heavy atom. The zero-order valence-corrected chi connectivity index (χ0v) is 7.79. The molecule has 0 spiro atoms. The molecule has 1 aliphatic heterocycles. The Morgan fingerprint density at radius 2 is 2.62 bits per heavy atom. The van der Waals surface area contributed by atoms with Crippen molar-refractivity contribution >= 4 is 17.5 Å². The van der Waals surface area contributed by atoms with Crippen LogP contribution in [0.1, 0.15) is 16.8 Å². The SMILES string of the molecule is O=C(c1cn[nH]c1)N1CCC(Cl)C1. The molecule has 1 aliphatic rings. The molecule has 4 nitrogen and oxygen atoms in total. The van der Waals surface area contributed by atoms with Gasteiger partial charge in [-0.3, -0.25) is 9.89 Å². The smallest absolute Gasteiger partial charge is 0.257 e. The first-order chi connectivity index (χ1) is 6.27. The monoisotopic (exact) mass is 199 g/mol. The number of hydrogen-bond donors (Lipinski definition) is 1. The second kappa shape index (κ2) is 3.38. The van der Waals surface area contributed by atoms with E-state index in [1.165, 1.54) is 6.20 Å². The fraction of sp³-hybridized carbons (Fsp3) is 0.500. The van der Waals surface area contributed by atoms with Gasteiger partial charge in [-0.2, -0.15) is 5.10 Å². The van der Waals surface area contributed by atoms with Crippen molar-refractivity contribution in [2.75, 3.05) is 13.1 Å². The number of hydrogen-bond acceptors (Lipinski definition) is 2. The highest BCUT2D eigenvalue weighted by Crippen LogP contribution is 2.16. The minimum Gasteiger partial charge on any atom is -0.337 e. The zero-order valence-electron chi connectivity index (χ0n) is 7.03. The summed E-state index contributed by atoms with van der Waals surface area (Å²) in [7, 11) is 0. The van der Waals surface area contributed by atoms with Crippen LogP contribution in [-0.2, 0) is 0 Å². The van der Waals surface area contributed by atoms with Gasteiger partial charge in [0.05, 0.1) is 17.1 Å². The van der Waals surface area contributed by atoms with Crippen molar-refractivity contribution in [3.63, 3.8) is 0 Å². The van der Waals surface area contributed by atoms with Gasteiger partial charge in [-0.15, -0.1) is 11.6 Å². The van der Waals surface area contributed by atoms with Gasteiger partial charge in [0.15, 0.2) is 0 Å². The predicted molar refractivity (Wildman–Crippen MR) is 48.7 cm³/mol. The van der Waals surface area contributed by atoms with Gasteiger partial charge in [0.2, 0.25) is 0 Å². The molecule has 1 unspecified atom stereocenters. The van der Waals surface area contributed by atoms with Crippen molar-refractivity contribution in [1.29, 1.82) is 0 Å². The third-order valence-corrected chi connectivity index (χ3v) is 2.52. The Balaban J connectivity index is 2.06. The molecule has 2 rings (SSSR count). The molecule has 1 N–H and O–H groups in total. The number of nitrogens with zero attached hydrogens (tertiary/aromatic N) is 2. The van der Waals surface area contributed by atoms with Crippen molar-refractivity contribution in [3.8, 4) is 0 Å². The summed E-state index contributed by atoms with van der Waals surface area (Å²) in [6.07, 6.45) is 4.01. The summed E-state index contributed by atoms with van der Waals surface area (Å²) in [6, 6.07) is 0. The van der Waals surface area contributed by atoms with Gasteiger partial charge in [0, 0.05) is 19.3 Å². The van der Waals surface area contributed by atoms with Crippen LogP contribution in [-0.4, -0.2) is 39.5 Å². The highest BCUT2D eigenvalue weighted by atomic mass is 35.5. The first-order valence-electron chi connectivity index (χ1n) is 4.19. The standard InChI is InChI=1S/C8H10ClN3O/c9-7-1-2-12(5-7)8(13)6-3-10-11-4-6/h3-4,7H,1-2,5H2,(H,10,11). The maximum Gasteiger partial charge on any atom is 0.257 e. The summed E-state index contributed by atoms with van der Waals surface area (Å²) < 4.78 is 0. The highest BCUT2D eigenvalue weighted by molar-refractivity contribution is 6.21. The molecule has 1 atom stereocenters. The van der Waals surface area contributed by atoms with E-state index in [1.54, 1.807) is 11.1 Å². The first-order valence-corrected chi connectivity index (χ1v) is 4.63. The molecule has 0 bridgehead atoms. The van der Waals surface area contributed by atoms with Gasteiger partial charge in [-0.25, -0.2) is 0 Å². The van der Waals surface area contributed by atoms with Crippen molar-refractivity contribution in [1.82, 2.24) is 15.1 Å². The molecule has 0 aromatic carbocycles. The van der Waals surface area contributed by atoms with E-state index in [1.807, 2.05) is 0 Å². The molecule has 0 saturated carbocycles. The van der Waals surface area contributed by atoms with Crippen LogP contribution < -0.4 is 0 Å². The number of likely N-dealkylation sites (tertiary alicyclic amines) is 1. The van der Waals surface area contributed by atoms with Gasteiger partial charge >= 0.3 is 0 Å². The number of aromatic nitrogens is 2. The highest BCUT2D eigenvalue weighted by Gasteiger charge is 2.25. The van der Waals surface area contributed by atoms with Gasteiger partial charge in [0.1, 0.15) is 0 Å². The third-order valence-electron chi connectivity index (χ3n) is 2.16. The van der Waals surface area contributed by atoms with Crippen LogP contribution in [0.15, 0.2) is 12.4 Å². The molecule has 1 fully saturated rings. The number of carbonyl (C=O) groups is 1. The van der Waals surface area contributed by atoms with Crippen LogP contribution in [0.4, 0.5) is 0 Å². The van der Waals surface area contributed by atoms with E-state index >= 15 is 0 Å². The lowest BCUT2D eigenvalue weighted by molar-refractivity contribution is 0.0793. The summed E-state index contributed by atoms with van der Waals surface area (Å²) in [6.45, 7) is 1.39. The molecule has 1 amide bonds. The Kier molecular flexibility index (Phi) is 2.22. The van der Waals surface area contributed by atoms with Crippen LogP contribution >= 0.6 is 11.6 Å². The number of H-pyrrole nitrogens is 1. The summed E-state index contributed by atoms with van der Waals surface area (Å²) in [5.41, 5.74) is 0.603. The molecule has 13 heavy (non-hydrogen) atoms. The summed E-state index contributed by atoms with van der Waals surface area (Å²) >= 11 is 5.90. The molecular formula is C8H10ClN3O. The molecule has 1 aromatic rings. The van der Waals surface area contributed by atoms with E-state index in [0.29, 0.717) is 12.1 Å². The van der Waals surface area contributed by atoms with Crippen LogP contribution in [0.5, 0.6) is 0 Å². The molecule has 1 aromatic heterocycles. The molecule has 0 radical (unpaired) electrons. The van der Waals surface area contributed by atoms with E-state index in [-0.39, 0.29) is 11.3 Å². The lowest BCUT2D eigenvalue weighted by Gasteiger charge is -2.13. The van der Waals surface area contributed by atoms with Gasteiger partial charge in [0.25, 0.3) is 5.91 Å². The molecule has 2 heterocycles. The number of rotatable bonds is 1. The number of alkyl halides is 1. The van der Waals surface area contributed by atoms with Crippen molar-refractivity contribution in [2.45, 2.75) is 11.8 Å². The first kappa shape index (κ1) is 8.56. The van der Waals surface area contributed by atoms with E-state index in [2.05, 4.69) is 10.2 Å². The van der Waals surface area contributed by atoms with Crippen molar-refractivity contribution in [2.24, 2.45) is 0 Å². The summed E-state index contributed by atoms with van der Waals surface area (Å²) in [5, 5.41) is 6.45. The van der Waals surface area contributed by atoms with E-state index < -0.39 is 0 Å². The minimum atomic E-state index is 0.0110. The molecule has 0 aliphatic carbocycles. The van der Waals surface area contributed by atoms with Crippen LogP contribution in [0.2, 0.25) is 0 Å². The second-order valence-corrected chi connectivity index (χ2v) is 3.74. The molecule has 5 heteroatoms. The average Bonchev–Trinajstić information content (AvgIpc) is 2.72. The van der Waals surface area contributed by atoms with Crippen LogP contribution in [0, 0.1) is 0 Å². The van der Waals surface area contributed by atoms with Crippen LogP contribution in [0.25, 0.3) is 0 Å². The van der Waals surface area contributed by atoms with Gasteiger partial charge in [-0.1, -0.05) is 0 Å². The van der Waals surface area contributed by atoms with Gasteiger partial charge < -0.3 is 4.90 Å². The van der Waals surface area contributed by atoms with E-state index in [0.717, 1.165) is 13.0 Å². The normalized spacial score (nSPS) is 22.2. The number of carbonyl (C=O) groups excluding carboxylic acids is 1. The maximum absolute atomic E-state index is 11.7. The zero-order chi connectivity index (χ0) is 9.26. The number of halogens is 1. The molecular weight excluding hydrogens is 190 g/mol. The minimum absolute atomic E-state index is 0.0110. The average molecular weight is 200 g/mol. The Morgan fingerprint density at radius 1 is 1.77 bits per heavy atom. The number of amides is 1. The van der Waals surface area contributed by atoms with Crippen LogP contribution in [0.3, 0.4) is 0 Å². The van der Waals surface area contributed by atoms with E-state index in [9.17, 15) is 4.79 Å². The third kappa shape index (κ3) is 1.67. The lowest BCUT2D eigenvalue weighted by atomic mass is 10.3. The summed E-state index contributed by atoms with van der Waals surface area (Å²) in [5.74, 6) is 0.0110. The maximum atomic E-state index is 11.7. The fourth-order valence-corrected chi connectivity index (χ4v) is 1.72. The Hall–Kier alpha value is -1.03. The van der Waals surface area contributed by atoms with Crippen molar-refractivity contribution < 1.29 is 4.79 Å². The van der Waals surface area contributed by atoms with E-state index in [4.69, 9.17) is 11.6 Å². The Bertz CT molecular complexity index is 298. The lowest BCUT2D eigenvalue weighted by Crippen LogP contribution is -2.28.